The van der Waals surface area contributed by atoms with Crippen LogP contribution in [0.25, 0.3) is 0 Å². The number of esters is 1. The molecule has 0 aromatic carbocycles. The largest absolute Gasteiger partial charge is 1.00 e. The van der Waals surface area contributed by atoms with Crippen molar-refractivity contribution in [1.82, 2.24) is 0 Å². The van der Waals surface area contributed by atoms with Crippen molar-refractivity contribution in [3.8, 4) is 0 Å². The molecule has 0 amide bonds. The van der Waals surface area contributed by atoms with Crippen LogP contribution in [0, 0.1) is 0 Å². The fourth-order valence-corrected chi connectivity index (χ4v) is 0.554. The van der Waals surface area contributed by atoms with E-state index in [2.05, 4.69) is 11.3 Å². The van der Waals surface area contributed by atoms with Crippen molar-refractivity contribution < 1.29 is 132 Å². The second-order valence-electron chi connectivity index (χ2n) is 2.57. The SMILES string of the molecule is C=C(C)C(=O)OC(CC(=O)[O-])C(=O)[O-].[K+].[K+]. The normalized spacial score (nSPS) is 10.1. The van der Waals surface area contributed by atoms with Crippen LogP contribution in [0.2, 0.25) is 0 Å². The van der Waals surface area contributed by atoms with Crippen molar-refractivity contribution in [2.75, 3.05) is 0 Å². The van der Waals surface area contributed by atoms with E-state index in [9.17, 15) is 24.6 Å². The summed E-state index contributed by atoms with van der Waals surface area (Å²) in [5.41, 5.74) is -0.0328. The molecule has 1 atom stereocenters. The first-order valence-electron chi connectivity index (χ1n) is 3.61. The van der Waals surface area contributed by atoms with Crippen LogP contribution in [0.1, 0.15) is 13.3 Å². The maximum atomic E-state index is 10.8. The van der Waals surface area contributed by atoms with Crippen LogP contribution < -0.4 is 113 Å². The van der Waals surface area contributed by atoms with Gasteiger partial charge in [-0.3, -0.25) is 0 Å². The Balaban J connectivity index is -0.000000845. The van der Waals surface area contributed by atoms with Gasteiger partial charge in [-0.1, -0.05) is 6.58 Å². The van der Waals surface area contributed by atoms with E-state index >= 15 is 0 Å². The predicted molar refractivity (Wildman–Crippen MR) is 39.3 cm³/mol. The number of carboxylic acids is 2. The third-order valence-corrected chi connectivity index (χ3v) is 1.21. The van der Waals surface area contributed by atoms with Crippen LogP contribution in [0.3, 0.4) is 0 Å². The van der Waals surface area contributed by atoms with Crippen LogP contribution >= 0.6 is 0 Å². The fourth-order valence-electron chi connectivity index (χ4n) is 0.554. The first-order valence-corrected chi connectivity index (χ1v) is 3.61. The molecule has 0 aromatic rings. The molecule has 0 bridgehead atoms. The first kappa shape index (κ1) is 22.6. The minimum atomic E-state index is -1.84. The maximum Gasteiger partial charge on any atom is 1.00 e. The topological polar surface area (TPSA) is 107 Å². The third kappa shape index (κ3) is 10.6. The summed E-state index contributed by atoms with van der Waals surface area (Å²) in [7, 11) is 0. The summed E-state index contributed by atoms with van der Waals surface area (Å²) < 4.78 is 4.26. The van der Waals surface area contributed by atoms with Gasteiger partial charge in [-0.2, -0.15) is 0 Å². The average Bonchev–Trinajstić information content (AvgIpc) is 2.01. The molecule has 0 radical (unpaired) electrons. The van der Waals surface area contributed by atoms with Gasteiger partial charge in [0.2, 0.25) is 0 Å². The van der Waals surface area contributed by atoms with E-state index in [1.54, 1.807) is 0 Å². The van der Waals surface area contributed by atoms with Gasteiger partial charge < -0.3 is 24.5 Å². The molecule has 0 aliphatic carbocycles. The molecule has 0 aliphatic rings. The zero-order chi connectivity index (χ0) is 11.3. The molecule has 0 aromatic heterocycles. The van der Waals surface area contributed by atoms with Gasteiger partial charge in [-0.25, -0.2) is 4.79 Å². The molecule has 0 spiro atoms. The van der Waals surface area contributed by atoms with Gasteiger partial charge in [0, 0.05) is 18.0 Å². The van der Waals surface area contributed by atoms with Crippen LogP contribution in [0.5, 0.6) is 0 Å². The molecule has 78 valence electrons. The van der Waals surface area contributed by atoms with Crippen molar-refractivity contribution in [1.29, 1.82) is 0 Å². The number of rotatable bonds is 5. The summed E-state index contributed by atoms with van der Waals surface area (Å²) in [6.07, 6.45) is -2.79. The standard InChI is InChI=1S/C8H10O6.2K/c1-4(2)8(13)14-5(7(11)12)3-6(9)10;;/h5H,1,3H2,2H3,(H,9,10)(H,11,12);;/q;2*+1/p-2. The van der Waals surface area contributed by atoms with Crippen LogP contribution in [0.15, 0.2) is 12.2 Å². The van der Waals surface area contributed by atoms with Gasteiger partial charge in [-0.15, -0.1) is 0 Å². The van der Waals surface area contributed by atoms with Crippen LogP contribution in [-0.4, -0.2) is 24.0 Å². The molecule has 0 saturated heterocycles. The van der Waals surface area contributed by atoms with E-state index in [1.807, 2.05) is 0 Å². The van der Waals surface area contributed by atoms with Gasteiger partial charge in [0.15, 0.2) is 0 Å². The molecule has 1 unspecified atom stereocenters. The molecule has 0 N–H and O–H groups in total. The molecular weight excluding hydrogens is 270 g/mol. The van der Waals surface area contributed by atoms with E-state index in [0.29, 0.717) is 0 Å². The minimum absolute atomic E-state index is 0. The minimum Gasteiger partial charge on any atom is -0.550 e. The van der Waals surface area contributed by atoms with E-state index in [1.165, 1.54) is 6.92 Å². The van der Waals surface area contributed by atoms with E-state index in [4.69, 9.17) is 0 Å². The Morgan fingerprint density at radius 3 is 1.94 bits per heavy atom. The molecule has 0 aliphatic heterocycles. The van der Waals surface area contributed by atoms with Crippen molar-refractivity contribution in [3.63, 3.8) is 0 Å². The van der Waals surface area contributed by atoms with Crippen LogP contribution in [0.4, 0.5) is 0 Å². The van der Waals surface area contributed by atoms with E-state index < -0.39 is 30.4 Å². The zero-order valence-electron chi connectivity index (χ0n) is 9.44. The Labute approximate surface area is 178 Å². The Kier molecular flexibility index (Phi) is 16.2. The summed E-state index contributed by atoms with van der Waals surface area (Å²) in [6.45, 7) is 4.49. The summed E-state index contributed by atoms with van der Waals surface area (Å²) in [6, 6.07) is 0. The fraction of sp³-hybridized carbons (Fsp3) is 0.375. The summed E-state index contributed by atoms with van der Waals surface area (Å²) >= 11 is 0. The number of ether oxygens (including phenoxy) is 1. The second-order valence-corrected chi connectivity index (χ2v) is 2.57. The first-order chi connectivity index (χ1) is 6.34. The molecule has 6 nitrogen and oxygen atoms in total. The number of aliphatic carboxylic acids is 2. The number of hydrogen-bond donors (Lipinski definition) is 0. The summed E-state index contributed by atoms with van der Waals surface area (Å²) in [5, 5.41) is 20.3. The van der Waals surface area contributed by atoms with E-state index in [0.717, 1.165) is 0 Å². The quantitative estimate of drug-likeness (QED) is 0.281. The van der Waals surface area contributed by atoms with Gasteiger partial charge in [0.05, 0.1) is 5.97 Å². The smallest absolute Gasteiger partial charge is 0.550 e. The van der Waals surface area contributed by atoms with Gasteiger partial charge >= 0.3 is 109 Å². The molecular formula is C8H8K2O6. The molecule has 16 heavy (non-hydrogen) atoms. The Bertz CT molecular complexity index is 288. The van der Waals surface area contributed by atoms with Crippen LogP contribution in [-0.2, 0) is 19.1 Å². The molecule has 0 heterocycles. The molecule has 0 fully saturated rings. The second kappa shape index (κ2) is 11.5. The van der Waals surface area contributed by atoms with Crippen molar-refractivity contribution in [2.24, 2.45) is 0 Å². The number of carbonyl (C=O) groups is 3. The summed E-state index contributed by atoms with van der Waals surface area (Å²) in [5.74, 6) is -4.42. The molecule has 0 saturated carbocycles. The van der Waals surface area contributed by atoms with Crippen molar-refractivity contribution >= 4 is 17.9 Å². The van der Waals surface area contributed by atoms with Crippen molar-refractivity contribution in [3.05, 3.63) is 12.2 Å². The van der Waals surface area contributed by atoms with E-state index in [-0.39, 0.29) is 108 Å². The summed E-state index contributed by atoms with van der Waals surface area (Å²) in [4.78, 5) is 31.1. The maximum absolute atomic E-state index is 10.8. The molecule has 0 rings (SSSR count). The van der Waals surface area contributed by atoms with Crippen molar-refractivity contribution in [2.45, 2.75) is 19.4 Å². The number of hydrogen-bond acceptors (Lipinski definition) is 6. The Morgan fingerprint density at radius 1 is 1.25 bits per heavy atom. The van der Waals surface area contributed by atoms with Gasteiger partial charge in [0.1, 0.15) is 6.10 Å². The Morgan fingerprint density at radius 2 is 1.69 bits per heavy atom. The van der Waals surface area contributed by atoms with Gasteiger partial charge in [-0.05, 0) is 6.92 Å². The Hall–Kier alpha value is 1.42. The number of carboxylic acid groups (broad SMARTS) is 2. The predicted octanol–water partition coefficient (Wildman–Crippen LogP) is -8.63. The number of carbonyl (C=O) groups excluding carboxylic acids is 3. The molecule has 8 heteroatoms. The van der Waals surface area contributed by atoms with Gasteiger partial charge in [0.25, 0.3) is 0 Å². The zero-order valence-corrected chi connectivity index (χ0v) is 15.7. The third-order valence-electron chi connectivity index (χ3n) is 1.21. The average molecular weight is 278 g/mol. The monoisotopic (exact) mass is 278 g/mol.